The first kappa shape index (κ1) is 20.6. The van der Waals surface area contributed by atoms with Crippen LogP contribution in [0, 0.1) is 15.9 Å². The van der Waals surface area contributed by atoms with Crippen molar-refractivity contribution in [3.05, 3.63) is 68.5 Å². The normalized spacial score (nSPS) is 14.7. The first-order valence-corrected chi connectivity index (χ1v) is 10.0. The lowest BCUT2D eigenvalue weighted by molar-refractivity contribution is -0.402. The number of nitrogens with one attached hydrogen (secondary N) is 1. The lowest BCUT2D eigenvalue weighted by Crippen LogP contribution is -2.33. The van der Waals surface area contributed by atoms with Crippen molar-refractivity contribution in [3.63, 3.8) is 0 Å². The van der Waals surface area contributed by atoms with Crippen molar-refractivity contribution in [1.82, 2.24) is 9.78 Å². The first-order valence-electron chi connectivity index (χ1n) is 10.0. The lowest BCUT2D eigenvalue weighted by atomic mass is 9.96. The molecule has 0 atom stereocenters. The summed E-state index contributed by atoms with van der Waals surface area (Å²) in [7, 11) is 0. The second-order valence-electron chi connectivity index (χ2n) is 7.30. The fourth-order valence-electron chi connectivity index (χ4n) is 3.68. The predicted molar refractivity (Wildman–Crippen MR) is 110 cm³/mol. The molecule has 1 fully saturated rings. The molecule has 2 aromatic heterocycles. The number of aryl methyl sites for hydroxylation is 1. The summed E-state index contributed by atoms with van der Waals surface area (Å²) in [5, 5.41) is 17.9. The third-order valence-electron chi connectivity index (χ3n) is 5.35. The van der Waals surface area contributed by atoms with Crippen LogP contribution in [-0.2, 0) is 13.1 Å². The standard InChI is InChI=1S/C20H22FN5O5/c1-2-25-20(27)31-19(23-25)13-7-9-24(10-8-13)17-5-3-14(11-16(17)21)22-12-15-4-6-18(30-15)26(28)29/h3-6,11,13,22H,2,7-10,12H2,1H3. The maximum atomic E-state index is 14.7. The molecule has 0 aliphatic carbocycles. The molecule has 4 rings (SSSR count). The second kappa shape index (κ2) is 8.62. The molecule has 11 heteroatoms. The maximum Gasteiger partial charge on any atom is 0.437 e. The molecule has 0 unspecified atom stereocenters. The molecule has 10 nitrogen and oxygen atoms in total. The van der Waals surface area contributed by atoms with Gasteiger partial charge in [-0.05, 0) is 44.0 Å². The zero-order chi connectivity index (χ0) is 22.0. The Morgan fingerprint density at radius 3 is 2.65 bits per heavy atom. The summed E-state index contributed by atoms with van der Waals surface area (Å²) >= 11 is 0. The number of rotatable bonds is 7. The van der Waals surface area contributed by atoms with E-state index in [0.29, 0.717) is 55.5 Å². The molecule has 0 spiro atoms. The SMILES string of the molecule is CCn1nc(C2CCN(c3ccc(NCc4ccc([N+](=O)[O-])o4)cc3F)CC2)oc1=O. The van der Waals surface area contributed by atoms with Crippen molar-refractivity contribution in [2.75, 3.05) is 23.3 Å². The average Bonchev–Trinajstić information content (AvgIpc) is 3.39. The van der Waals surface area contributed by atoms with Gasteiger partial charge in [-0.25, -0.2) is 9.18 Å². The number of piperidine rings is 1. The Kier molecular flexibility index (Phi) is 5.74. The Morgan fingerprint density at radius 1 is 1.26 bits per heavy atom. The van der Waals surface area contributed by atoms with E-state index in [1.54, 1.807) is 12.1 Å². The molecule has 1 saturated heterocycles. The molecule has 0 amide bonds. The summed E-state index contributed by atoms with van der Waals surface area (Å²) in [6, 6.07) is 7.63. The molecule has 3 aromatic rings. The van der Waals surface area contributed by atoms with Crippen molar-refractivity contribution >= 4 is 17.3 Å². The largest absolute Gasteiger partial charge is 0.437 e. The van der Waals surface area contributed by atoms with Gasteiger partial charge in [0.05, 0.1) is 18.3 Å². The fourth-order valence-corrected chi connectivity index (χ4v) is 3.68. The van der Waals surface area contributed by atoms with Crippen LogP contribution in [-0.4, -0.2) is 27.8 Å². The van der Waals surface area contributed by atoms with Crippen molar-refractivity contribution in [1.29, 1.82) is 0 Å². The number of nitrogens with zero attached hydrogens (tertiary/aromatic N) is 4. The summed E-state index contributed by atoms with van der Waals surface area (Å²) in [5.74, 6) is -0.269. The van der Waals surface area contributed by atoms with Crippen molar-refractivity contribution in [2.45, 2.75) is 38.8 Å². The van der Waals surface area contributed by atoms with E-state index in [-0.39, 0.29) is 24.2 Å². The van der Waals surface area contributed by atoms with Crippen molar-refractivity contribution in [2.24, 2.45) is 0 Å². The molecule has 3 heterocycles. The molecular weight excluding hydrogens is 409 g/mol. The zero-order valence-electron chi connectivity index (χ0n) is 16.9. The summed E-state index contributed by atoms with van der Waals surface area (Å²) in [6.45, 7) is 3.73. The molecule has 31 heavy (non-hydrogen) atoms. The van der Waals surface area contributed by atoms with E-state index in [1.807, 2.05) is 11.8 Å². The molecule has 1 N–H and O–H groups in total. The van der Waals surface area contributed by atoms with Gasteiger partial charge in [-0.3, -0.25) is 10.1 Å². The van der Waals surface area contributed by atoms with Crippen LogP contribution >= 0.6 is 0 Å². The number of aromatic nitrogens is 2. The molecule has 0 radical (unpaired) electrons. The van der Waals surface area contributed by atoms with Gasteiger partial charge in [0.25, 0.3) is 0 Å². The van der Waals surface area contributed by atoms with Gasteiger partial charge in [0.1, 0.15) is 16.5 Å². The molecule has 0 saturated carbocycles. The molecule has 1 aliphatic heterocycles. The van der Waals surface area contributed by atoms with Crippen LogP contribution in [0.5, 0.6) is 0 Å². The molecule has 1 aliphatic rings. The lowest BCUT2D eigenvalue weighted by Gasteiger charge is -2.32. The Balaban J connectivity index is 1.36. The van der Waals surface area contributed by atoms with Crippen LogP contribution in [0.1, 0.15) is 37.3 Å². The van der Waals surface area contributed by atoms with E-state index in [2.05, 4.69) is 10.4 Å². The fraction of sp³-hybridized carbons (Fsp3) is 0.400. The topological polar surface area (TPSA) is 120 Å². The van der Waals surface area contributed by atoms with E-state index >= 15 is 0 Å². The minimum Gasteiger partial charge on any atom is -0.404 e. The van der Waals surface area contributed by atoms with Gasteiger partial charge in [0, 0.05) is 31.2 Å². The van der Waals surface area contributed by atoms with Gasteiger partial charge in [-0.2, -0.15) is 4.68 Å². The zero-order valence-corrected chi connectivity index (χ0v) is 16.9. The smallest absolute Gasteiger partial charge is 0.404 e. The van der Waals surface area contributed by atoms with Crippen LogP contribution < -0.4 is 16.0 Å². The number of hydrogen-bond acceptors (Lipinski definition) is 8. The summed E-state index contributed by atoms with van der Waals surface area (Å²) in [6.07, 6.45) is 1.42. The first-order chi connectivity index (χ1) is 14.9. The highest BCUT2D eigenvalue weighted by Crippen LogP contribution is 2.31. The summed E-state index contributed by atoms with van der Waals surface area (Å²) in [4.78, 5) is 23.7. The summed E-state index contributed by atoms with van der Waals surface area (Å²) < 4.78 is 26.4. The van der Waals surface area contributed by atoms with Crippen LogP contribution in [0.2, 0.25) is 0 Å². The summed E-state index contributed by atoms with van der Waals surface area (Å²) in [5.41, 5.74) is 1.04. The van der Waals surface area contributed by atoms with Gasteiger partial charge in [-0.1, -0.05) is 0 Å². The van der Waals surface area contributed by atoms with Crippen LogP contribution in [0.3, 0.4) is 0 Å². The molecular formula is C20H22FN5O5. The van der Waals surface area contributed by atoms with Gasteiger partial charge >= 0.3 is 11.6 Å². The highest BCUT2D eigenvalue weighted by molar-refractivity contribution is 5.56. The van der Waals surface area contributed by atoms with E-state index < -0.39 is 10.7 Å². The highest BCUT2D eigenvalue weighted by atomic mass is 19.1. The number of halogens is 1. The van der Waals surface area contributed by atoms with Gasteiger partial charge in [0.15, 0.2) is 0 Å². The van der Waals surface area contributed by atoms with Crippen molar-refractivity contribution in [3.8, 4) is 0 Å². The predicted octanol–water partition coefficient (Wildman–Crippen LogP) is 3.49. The van der Waals surface area contributed by atoms with Crippen LogP contribution in [0.15, 0.2) is 44.0 Å². The van der Waals surface area contributed by atoms with Crippen molar-refractivity contribution < 1.29 is 18.1 Å². The van der Waals surface area contributed by atoms with Gasteiger partial charge in [0.2, 0.25) is 5.89 Å². The van der Waals surface area contributed by atoms with E-state index in [1.165, 1.54) is 22.9 Å². The Hall–Kier alpha value is -3.63. The molecule has 0 bridgehead atoms. The monoisotopic (exact) mass is 431 g/mol. The number of benzene rings is 1. The minimum atomic E-state index is -0.607. The van der Waals surface area contributed by atoms with E-state index in [4.69, 9.17) is 8.83 Å². The maximum absolute atomic E-state index is 14.7. The highest BCUT2D eigenvalue weighted by Gasteiger charge is 2.26. The Bertz CT molecular complexity index is 1130. The number of anilines is 2. The van der Waals surface area contributed by atoms with E-state index in [9.17, 15) is 19.3 Å². The minimum absolute atomic E-state index is 0.0399. The van der Waals surface area contributed by atoms with E-state index in [0.717, 1.165) is 0 Å². The molecule has 164 valence electrons. The number of furan rings is 1. The van der Waals surface area contributed by atoms with Crippen LogP contribution in [0.4, 0.5) is 21.6 Å². The quantitative estimate of drug-likeness (QED) is 0.446. The number of hydrogen-bond donors (Lipinski definition) is 1. The molecule has 1 aromatic carbocycles. The van der Waals surface area contributed by atoms with Crippen LogP contribution in [0.25, 0.3) is 0 Å². The van der Waals surface area contributed by atoms with Gasteiger partial charge < -0.3 is 19.1 Å². The number of nitro groups is 1. The van der Waals surface area contributed by atoms with Gasteiger partial charge in [-0.15, -0.1) is 5.10 Å². The third-order valence-corrected chi connectivity index (χ3v) is 5.35. The average molecular weight is 431 g/mol. The second-order valence-corrected chi connectivity index (χ2v) is 7.30. The Labute approximate surface area is 176 Å². The third kappa shape index (κ3) is 4.44. The Morgan fingerprint density at radius 2 is 2.03 bits per heavy atom.